The highest BCUT2D eigenvalue weighted by molar-refractivity contribution is 9.11. The van der Waals surface area contributed by atoms with Gasteiger partial charge in [-0.2, -0.15) is 0 Å². The summed E-state index contributed by atoms with van der Waals surface area (Å²) in [5, 5.41) is 3.41. The second kappa shape index (κ2) is 6.11. The molecule has 0 saturated carbocycles. The van der Waals surface area contributed by atoms with Crippen LogP contribution in [-0.2, 0) is 0 Å². The van der Waals surface area contributed by atoms with Crippen molar-refractivity contribution in [3.63, 3.8) is 0 Å². The molecule has 0 spiro atoms. The Labute approximate surface area is 139 Å². The smallest absolute Gasteiger partial charge is 0.169 e. The van der Waals surface area contributed by atoms with E-state index in [2.05, 4.69) is 69.0 Å². The largest absolute Gasteiger partial charge is 0.452 e. The van der Waals surface area contributed by atoms with Crippen LogP contribution in [0.3, 0.4) is 0 Å². The quantitative estimate of drug-likeness (QED) is 0.518. The van der Waals surface area contributed by atoms with E-state index in [-0.39, 0.29) is 6.04 Å². The van der Waals surface area contributed by atoms with Crippen molar-refractivity contribution in [3.05, 3.63) is 48.1 Å². The van der Waals surface area contributed by atoms with Crippen LogP contribution in [0, 0.1) is 0 Å². The van der Waals surface area contributed by atoms with Crippen LogP contribution in [0.2, 0.25) is 0 Å². The summed E-state index contributed by atoms with van der Waals surface area (Å²) in [6.45, 7) is 2.05. The zero-order chi connectivity index (χ0) is 13.3. The first-order valence-corrected chi connectivity index (χ1v) is 8.31. The molecule has 0 saturated heterocycles. The van der Waals surface area contributed by atoms with Gasteiger partial charge in [0.25, 0.3) is 0 Å². The normalized spacial score (nSPS) is 12.5. The van der Waals surface area contributed by atoms with Crippen LogP contribution < -0.4 is 5.32 Å². The zero-order valence-electron chi connectivity index (χ0n) is 9.31. The first-order chi connectivity index (χ1) is 8.47. The summed E-state index contributed by atoms with van der Waals surface area (Å²) in [5.74, 6) is 0.878. The molecule has 2 nitrogen and oxygen atoms in total. The molecular weight excluding hydrogens is 494 g/mol. The maximum absolute atomic E-state index is 5.54. The lowest BCUT2D eigenvalue weighted by molar-refractivity contribution is 0.471. The van der Waals surface area contributed by atoms with Gasteiger partial charge in [0.2, 0.25) is 0 Å². The molecule has 1 heterocycles. The van der Waals surface area contributed by atoms with Crippen molar-refractivity contribution in [2.24, 2.45) is 0 Å². The monoisotopic (exact) mass is 499 g/mol. The second-order valence-electron chi connectivity index (χ2n) is 3.75. The van der Waals surface area contributed by atoms with E-state index in [1.807, 2.05) is 31.2 Å². The van der Waals surface area contributed by atoms with Crippen molar-refractivity contribution in [1.82, 2.24) is 0 Å². The number of nitrogens with one attached hydrogen (secondary N) is 1. The van der Waals surface area contributed by atoms with Gasteiger partial charge < -0.3 is 9.73 Å². The SMILES string of the molecule is CC(Nc1c(Br)cc(Br)cc1Br)c1ccc(Br)o1. The van der Waals surface area contributed by atoms with Gasteiger partial charge in [0, 0.05) is 13.4 Å². The van der Waals surface area contributed by atoms with Crippen molar-refractivity contribution in [3.8, 4) is 0 Å². The van der Waals surface area contributed by atoms with Gasteiger partial charge in [0.15, 0.2) is 4.67 Å². The Balaban J connectivity index is 2.24. The molecule has 96 valence electrons. The Hall–Kier alpha value is 0.220. The van der Waals surface area contributed by atoms with Gasteiger partial charge in [0.05, 0.1) is 11.7 Å². The Morgan fingerprint density at radius 2 is 1.67 bits per heavy atom. The third-order valence-electron chi connectivity index (χ3n) is 2.39. The summed E-state index contributed by atoms with van der Waals surface area (Å²) in [7, 11) is 0. The molecule has 0 radical (unpaired) electrons. The number of anilines is 1. The third kappa shape index (κ3) is 3.40. The molecule has 2 aromatic rings. The van der Waals surface area contributed by atoms with Crippen LogP contribution in [0.15, 0.2) is 46.8 Å². The molecule has 2 rings (SSSR count). The standard InChI is InChI=1S/C12H9Br4NO/c1-6(10-2-3-11(16)18-10)17-12-8(14)4-7(13)5-9(12)15/h2-6,17H,1H3. The summed E-state index contributed by atoms with van der Waals surface area (Å²) in [4.78, 5) is 0. The van der Waals surface area contributed by atoms with Gasteiger partial charge in [-0.05, 0) is 79.0 Å². The highest BCUT2D eigenvalue weighted by atomic mass is 79.9. The Morgan fingerprint density at radius 1 is 1.06 bits per heavy atom. The van der Waals surface area contributed by atoms with Gasteiger partial charge in [-0.1, -0.05) is 15.9 Å². The molecule has 0 amide bonds. The van der Waals surface area contributed by atoms with Crippen LogP contribution in [0.1, 0.15) is 18.7 Å². The van der Waals surface area contributed by atoms with E-state index >= 15 is 0 Å². The number of rotatable bonds is 3. The predicted octanol–water partition coefficient (Wildman–Crippen LogP) is 6.50. The van der Waals surface area contributed by atoms with Crippen molar-refractivity contribution < 1.29 is 4.42 Å². The van der Waals surface area contributed by atoms with E-state index in [4.69, 9.17) is 4.42 Å². The molecule has 18 heavy (non-hydrogen) atoms. The van der Waals surface area contributed by atoms with Crippen molar-refractivity contribution in [2.45, 2.75) is 13.0 Å². The van der Waals surface area contributed by atoms with Crippen LogP contribution >= 0.6 is 63.7 Å². The highest BCUT2D eigenvalue weighted by Crippen LogP contribution is 2.36. The van der Waals surface area contributed by atoms with Gasteiger partial charge in [0.1, 0.15) is 5.76 Å². The molecule has 6 heteroatoms. The number of halogens is 4. The number of hydrogen-bond donors (Lipinski definition) is 1. The third-order valence-corrected chi connectivity index (χ3v) is 4.52. The molecule has 0 fully saturated rings. The molecule has 1 unspecified atom stereocenters. The molecule has 1 aromatic heterocycles. The van der Waals surface area contributed by atoms with Crippen LogP contribution in [-0.4, -0.2) is 0 Å². The number of benzene rings is 1. The summed E-state index contributed by atoms with van der Waals surface area (Å²) in [6, 6.07) is 7.90. The van der Waals surface area contributed by atoms with Gasteiger partial charge >= 0.3 is 0 Å². The minimum Gasteiger partial charge on any atom is -0.452 e. The maximum Gasteiger partial charge on any atom is 0.169 e. The summed E-state index contributed by atoms with van der Waals surface area (Å²) < 4.78 is 9.26. The fraction of sp³-hybridized carbons (Fsp3) is 0.167. The zero-order valence-corrected chi connectivity index (χ0v) is 15.7. The summed E-state index contributed by atoms with van der Waals surface area (Å²) in [6.07, 6.45) is 0. The van der Waals surface area contributed by atoms with Crippen molar-refractivity contribution in [2.75, 3.05) is 5.32 Å². The lowest BCUT2D eigenvalue weighted by Crippen LogP contribution is -2.06. The van der Waals surface area contributed by atoms with E-state index in [9.17, 15) is 0 Å². The topological polar surface area (TPSA) is 25.2 Å². The Morgan fingerprint density at radius 3 is 2.17 bits per heavy atom. The predicted molar refractivity (Wildman–Crippen MR) is 88.0 cm³/mol. The molecular formula is C12H9Br4NO. The molecule has 1 atom stereocenters. The van der Waals surface area contributed by atoms with Crippen LogP contribution in [0.4, 0.5) is 5.69 Å². The molecule has 0 aliphatic carbocycles. The summed E-state index contributed by atoms with van der Waals surface area (Å²) >= 11 is 13.8. The average Bonchev–Trinajstić information content (AvgIpc) is 2.70. The fourth-order valence-electron chi connectivity index (χ4n) is 1.53. The second-order valence-corrected chi connectivity index (χ2v) is 7.16. The van der Waals surface area contributed by atoms with Crippen LogP contribution in [0.5, 0.6) is 0 Å². The molecule has 1 aromatic carbocycles. The number of hydrogen-bond acceptors (Lipinski definition) is 2. The Bertz CT molecular complexity index is 544. The maximum atomic E-state index is 5.54. The molecule has 0 aliphatic heterocycles. The first kappa shape index (κ1) is 14.6. The lowest BCUT2D eigenvalue weighted by atomic mass is 10.2. The van der Waals surface area contributed by atoms with Crippen molar-refractivity contribution >= 4 is 69.4 Å². The van der Waals surface area contributed by atoms with Gasteiger partial charge in [-0.3, -0.25) is 0 Å². The summed E-state index contributed by atoms with van der Waals surface area (Å²) in [5.41, 5.74) is 0.998. The fourth-order valence-corrected chi connectivity index (χ4v) is 4.34. The number of furan rings is 1. The Kier molecular flexibility index (Phi) is 4.97. The molecule has 0 aliphatic rings. The minimum absolute atomic E-state index is 0.0741. The van der Waals surface area contributed by atoms with Crippen LogP contribution in [0.25, 0.3) is 0 Å². The first-order valence-electron chi connectivity index (χ1n) is 5.13. The average molecular weight is 503 g/mol. The van der Waals surface area contributed by atoms with E-state index < -0.39 is 0 Å². The van der Waals surface area contributed by atoms with E-state index in [0.717, 1.165) is 29.5 Å². The van der Waals surface area contributed by atoms with E-state index in [1.54, 1.807) is 0 Å². The van der Waals surface area contributed by atoms with E-state index in [0.29, 0.717) is 0 Å². The highest BCUT2D eigenvalue weighted by Gasteiger charge is 2.14. The molecule has 0 bridgehead atoms. The van der Waals surface area contributed by atoms with E-state index in [1.165, 1.54) is 0 Å². The van der Waals surface area contributed by atoms with Crippen molar-refractivity contribution in [1.29, 1.82) is 0 Å². The van der Waals surface area contributed by atoms with Gasteiger partial charge in [-0.15, -0.1) is 0 Å². The lowest BCUT2D eigenvalue weighted by Gasteiger charge is -2.16. The minimum atomic E-state index is 0.0741. The van der Waals surface area contributed by atoms with Gasteiger partial charge in [-0.25, -0.2) is 0 Å². The molecule has 1 N–H and O–H groups in total.